The van der Waals surface area contributed by atoms with Crippen LogP contribution in [0, 0.1) is 5.92 Å². The van der Waals surface area contributed by atoms with Gasteiger partial charge in [0.25, 0.3) is 0 Å². The van der Waals surface area contributed by atoms with Crippen molar-refractivity contribution in [3.8, 4) is 11.3 Å². The summed E-state index contributed by atoms with van der Waals surface area (Å²) in [7, 11) is 0. The van der Waals surface area contributed by atoms with Gasteiger partial charge in [-0.3, -0.25) is 4.98 Å². The molecule has 1 atom stereocenters. The van der Waals surface area contributed by atoms with Crippen molar-refractivity contribution in [2.24, 2.45) is 5.92 Å². The fourth-order valence-corrected chi connectivity index (χ4v) is 3.48. The van der Waals surface area contributed by atoms with Crippen molar-refractivity contribution in [3.63, 3.8) is 0 Å². The highest BCUT2D eigenvalue weighted by atomic mass is 19.4. The number of hydrogen-bond acceptors (Lipinski definition) is 2. The first-order valence-corrected chi connectivity index (χ1v) is 8.75. The van der Waals surface area contributed by atoms with E-state index in [9.17, 15) is 18.3 Å². The SMILES string of the molecule is O[C@H](CC1CCCCC1)c1ccc(-c2ccc(C(F)(F)F)cc2)nc1. The number of rotatable bonds is 4. The Labute approximate surface area is 145 Å². The number of hydrogen-bond donors (Lipinski definition) is 1. The summed E-state index contributed by atoms with van der Waals surface area (Å²) in [4.78, 5) is 4.31. The van der Waals surface area contributed by atoms with E-state index >= 15 is 0 Å². The van der Waals surface area contributed by atoms with Gasteiger partial charge < -0.3 is 5.11 Å². The number of aliphatic hydroxyl groups is 1. The molecule has 2 aromatic rings. The maximum Gasteiger partial charge on any atom is 0.416 e. The number of aliphatic hydroxyl groups excluding tert-OH is 1. The zero-order valence-electron chi connectivity index (χ0n) is 14.0. The molecule has 2 nitrogen and oxygen atoms in total. The summed E-state index contributed by atoms with van der Waals surface area (Å²) < 4.78 is 37.8. The van der Waals surface area contributed by atoms with Crippen LogP contribution < -0.4 is 0 Å². The Kier molecular flexibility index (Phi) is 5.42. The van der Waals surface area contributed by atoms with Crippen molar-refractivity contribution in [1.82, 2.24) is 4.98 Å². The maximum absolute atomic E-state index is 12.6. The average molecular weight is 349 g/mol. The van der Waals surface area contributed by atoms with E-state index in [1.54, 1.807) is 12.3 Å². The number of nitrogens with zero attached hydrogens (tertiary/aromatic N) is 1. The predicted octanol–water partition coefficient (Wildman–Crippen LogP) is 5.77. The predicted molar refractivity (Wildman–Crippen MR) is 90.8 cm³/mol. The van der Waals surface area contributed by atoms with Gasteiger partial charge >= 0.3 is 6.18 Å². The molecule has 134 valence electrons. The second-order valence-corrected chi connectivity index (χ2v) is 6.81. The van der Waals surface area contributed by atoms with Gasteiger partial charge in [0.05, 0.1) is 17.4 Å². The minimum Gasteiger partial charge on any atom is -0.388 e. The monoisotopic (exact) mass is 349 g/mol. The van der Waals surface area contributed by atoms with Gasteiger partial charge in [-0.15, -0.1) is 0 Å². The standard InChI is InChI=1S/C20H22F3NO/c21-20(22,23)17-9-6-15(7-10-17)18-11-8-16(13-24-18)19(25)12-14-4-2-1-3-5-14/h6-11,13-14,19,25H,1-5,12H2/t19-/m1/s1. The molecule has 1 N–H and O–H groups in total. The van der Waals surface area contributed by atoms with Crippen LogP contribution in [-0.4, -0.2) is 10.1 Å². The van der Waals surface area contributed by atoms with Crippen LogP contribution in [-0.2, 0) is 6.18 Å². The Hall–Kier alpha value is -1.88. The second-order valence-electron chi connectivity index (χ2n) is 6.81. The first kappa shape index (κ1) is 17.9. The third-order valence-corrected chi connectivity index (χ3v) is 4.96. The number of aromatic nitrogens is 1. The smallest absolute Gasteiger partial charge is 0.388 e. The molecule has 1 aromatic heterocycles. The number of alkyl halides is 3. The maximum atomic E-state index is 12.6. The molecule has 1 fully saturated rings. The largest absolute Gasteiger partial charge is 0.416 e. The lowest BCUT2D eigenvalue weighted by atomic mass is 9.84. The van der Waals surface area contributed by atoms with Crippen LogP contribution >= 0.6 is 0 Å². The van der Waals surface area contributed by atoms with Crippen LogP contribution in [0.2, 0.25) is 0 Å². The Morgan fingerprint density at radius 3 is 2.24 bits per heavy atom. The van der Waals surface area contributed by atoms with Crippen molar-refractivity contribution in [3.05, 3.63) is 53.7 Å². The fraction of sp³-hybridized carbons (Fsp3) is 0.450. The van der Waals surface area contributed by atoms with Gasteiger partial charge in [0, 0.05) is 11.8 Å². The van der Waals surface area contributed by atoms with Gasteiger partial charge in [0.15, 0.2) is 0 Å². The number of pyridine rings is 1. The fourth-order valence-electron chi connectivity index (χ4n) is 3.48. The molecule has 0 amide bonds. The van der Waals surface area contributed by atoms with Crippen LogP contribution in [0.25, 0.3) is 11.3 Å². The molecule has 3 rings (SSSR count). The van der Waals surface area contributed by atoms with Gasteiger partial charge in [0.2, 0.25) is 0 Å². The van der Waals surface area contributed by atoms with Crippen LogP contribution in [0.15, 0.2) is 42.6 Å². The normalized spacial score (nSPS) is 17.4. The Morgan fingerprint density at radius 1 is 1.00 bits per heavy atom. The van der Waals surface area contributed by atoms with E-state index in [1.807, 2.05) is 6.07 Å². The summed E-state index contributed by atoms with van der Waals surface area (Å²) in [5.74, 6) is 0.568. The van der Waals surface area contributed by atoms with Gasteiger partial charge in [-0.2, -0.15) is 13.2 Å². The summed E-state index contributed by atoms with van der Waals surface area (Å²) >= 11 is 0. The number of halogens is 3. The highest BCUT2D eigenvalue weighted by Gasteiger charge is 2.30. The molecule has 0 spiro atoms. The summed E-state index contributed by atoms with van der Waals surface area (Å²) in [5.41, 5.74) is 1.32. The second kappa shape index (κ2) is 7.56. The molecular weight excluding hydrogens is 327 g/mol. The van der Waals surface area contributed by atoms with Crippen LogP contribution in [0.4, 0.5) is 13.2 Å². The van der Waals surface area contributed by atoms with Gasteiger partial charge in [-0.05, 0) is 36.1 Å². The van der Waals surface area contributed by atoms with Crippen LogP contribution in [0.5, 0.6) is 0 Å². The molecular formula is C20H22F3NO. The van der Waals surface area contributed by atoms with Gasteiger partial charge in [-0.25, -0.2) is 0 Å². The van der Waals surface area contributed by atoms with E-state index < -0.39 is 17.8 Å². The Balaban J connectivity index is 1.67. The zero-order chi connectivity index (χ0) is 17.9. The average Bonchev–Trinajstić information content (AvgIpc) is 2.62. The topological polar surface area (TPSA) is 33.1 Å². The van der Waals surface area contributed by atoms with E-state index in [1.165, 1.54) is 44.2 Å². The summed E-state index contributed by atoms with van der Waals surface area (Å²) in [6.07, 6.45) is 3.63. The van der Waals surface area contributed by atoms with E-state index in [4.69, 9.17) is 0 Å². The van der Waals surface area contributed by atoms with E-state index in [0.717, 1.165) is 24.1 Å². The molecule has 0 aliphatic heterocycles. The lowest BCUT2D eigenvalue weighted by Crippen LogP contribution is -2.11. The molecule has 0 bridgehead atoms. The van der Waals surface area contributed by atoms with E-state index in [2.05, 4.69) is 4.98 Å². The lowest BCUT2D eigenvalue weighted by Gasteiger charge is -2.24. The third kappa shape index (κ3) is 4.60. The lowest BCUT2D eigenvalue weighted by molar-refractivity contribution is -0.137. The van der Waals surface area contributed by atoms with E-state index in [-0.39, 0.29) is 0 Å². The molecule has 1 aromatic carbocycles. The first-order valence-electron chi connectivity index (χ1n) is 8.75. The van der Waals surface area contributed by atoms with Crippen molar-refractivity contribution >= 4 is 0 Å². The van der Waals surface area contributed by atoms with E-state index in [0.29, 0.717) is 17.2 Å². The van der Waals surface area contributed by atoms with Gasteiger partial charge in [0.1, 0.15) is 0 Å². The first-order chi connectivity index (χ1) is 11.9. The highest BCUT2D eigenvalue weighted by molar-refractivity contribution is 5.59. The minimum atomic E-state index is -4.33. The molecule has 1 saturated carbocycles. The molecule has 0 unspecified atom stereocenters. The van der Waals surface area contributed by atoms with Crippen LogP contribution in [0.1, 0.15) is 55.8 Å². The van der Waals surface area contributed by atoms with Gasteiger partial charge in [-0.1, -0.05) is 50.3 Å². The van der Waals surface area contributed by atoms with Crippen LogP contribution in [0.3, 0.4) is 0 Å². The number of benzene rings is 1. The van der Waals surface area contributed by atoms with Crippen molar-refractivity contribution < 1.29 is 18.3 Å². The summed E-state index contributed by atoms with van der Waals surface area (Å²) in [6, 6.07) is 8.52. The van der Waals surface area contributed by atoms with Crippen molar-refractivity contribution in [1.29, 1.82) is 0 Å². The Bertz CT molecular complexity index is 674. The van der Waals surface area contributed by atoms with Crippen molar-refractivity contribution in [2.45, 2.75) is 50.8 Å². The molecule has 1 aliphatic carbocycles. The molecule has 5 heteroatoms. The van der Waals surface area contributed by atoms with Crippen molar-refractivity contribution in [2.75, 3.05) is 0 Å². The highest BCUT2D eigenvalue weighted by Crippen LogP contribution is 2.33. The Morgan fingerprint density at radius 2 is 1.68 bits per heavy atom. The zero-order valence-corrected chi connectivity index (χ0v) is 14.0. The quantitative estimate of drug-likeness (QED) is 0.760. The molecule has 0 saturated heterocycles. The summed E-state index contributed by atoms with van der Waals surface area (Å²) in [6.45, 7) is 0. The molecule has 1 aliphatic rings. The third-order valence-electron chi connectivity index (χ3n) is 4.96. The molecule has 25 heavy (non-hydrogen) atoms. The minimum absolute atomic E-state index is 0.530. The molecule has 1 heterocycles. The summed E-state index contributed by atoms with van der Waals surface area (Å²) in [5, 5.41) is 10.4. The molecule has 0 radical (unpaired) electrons.